The van der Waals surface area contributed by atoms with Crippen molar-refractivity contribution in [3.8, 4) is 0 Å². The summed E-state index contributed by atoms with van der Waals surface area (Å²) in [6.45, 7) is 2.07. The average Bonchev–Trinajstić information content (AvgIpc) is 2.41. The number of alkyl halides is 3. The summed E-state index contributed by atoms with van der Waals surface area (Å²) < 4.78 is 37.3. The van der Waals surface area contributed by atoms with E-state index in [4.69, 9.17) is 5.11 Å². The normalized spacial score (nSPS) is 17.1. The number of aliphatic carboxylic acids is 1. The summed E-state index contributed by atoms with van der Waals surface area (Å²) in [6, 6.07) is -0.422. The van der Waals surface area contributed by atoms with Gasteiger partial charge >= 0.3 is 18.2 Å². The van der Waals surface area contributed by atoms with Crippen LogP contribution in [-0.4, -0.2) is 47.8 Å². The number of carbonyl (C=O) groups is 2. The Morgan fingerprint density at radius 2 is 2.14 bits per heavy atom. The molecule has 1 aliphatic rings. The molecule has 0 aromatic rings. The summed E-state index contributed by atoms with van der Waals surface area (Å²) in [5.41, 5.74) is -0.596. The van der Waals surface area contributed by atoms with Gasteiger partial charge < -0.3 is 15.3 Å². The number of hydrogen-bond acceptors (Lipinski definition) is 2. The van der Waals surface area contributed by atoms with E-state index in [1.54, 1.807) is 6.92 Å². The Balaban J connectivity index is 2.34. The van der Waals surface area contributed by atoms with Crippen molar-refractivity contribution in [2.75, 3.05) is 19.6 Å². The summed E-state index contributed by atoms with van der Waals surface area (Å²) >= 11 is 0. The van der Waals surface area contributed by atoms with Crippen molar-refractivity contribution in [1.29, 1.82) is 0 Å². The van der Waals surface area contributed by atoms with Crippen molar-refractivity contribution >= 4 is 12.0 Å². The summed E-state index contributed by atoms with van der Waals surface area (Å²) in [5, 5.41) is 11.2. The molecule has 1 heterocycles. The van der Waals surface area contributed by atoms with E-state index in [0.29, 0.717) is 13.0 Å². The van der Waals surface area contributed by atoms with E-state index in [0.717, 1.165) is 6.08 Å². The van der Waals surface area contributed by atoms with Crippen molar-refractivity contribution < 1.29 is 27.9 Å². The van der Waals surface area contributed by atoms with E-state index < -0.39 is 23.7 Å². The quantitative estimate of drug-likeness (QED) is 0.766. The molecular weight excluding hydrogens is 289 g/mol. The zero-order valence-electron chi connectivity index (χ0n) is 11.7. The van der Waals surface area contributed by atoms with E-state index in [9.17, 15) is 22.8 Å². The van der Waals surface area contributed by atoms with Crippen LogP contribution >= 0.6 is 0 Å². The molecule has 1 rings (SSSR count). The van der Waals surface area contributed by atoms with E-state index in [1.807, 2.05) is 0 Å². The monoisotopic (exact) mass is 308 g/mol. The zero-order chi connectivity index (χ0) is 16.0. The molecule has 1 unspecified atom stereocenters. The van der Waals surface area contributed by atoms with Crippen LogP contribution in [0.3, 0.4) is 0 Å². The summed E-state index contributed by atoms with van der Waals surface area (Å²) in [6.07, 6.45) is -3.04. The van der Waals surface area contributed by atoms with Gasteiger partial charge in [0, 0.05) is 31.6 Å². The zero-order valence-corrected chi connectivity index (χ0v) is 11.7. The van der Waals surface area contributed by atoms with E-state index in [-0.39, 0.29) is 31.8 Å². The first-order valence-electron chi connectivity index (χ1n) is 6.71. The van der Waals surface area contributed by atoms with Crippen molar-refractivity contribution in [3.05, 3.63) is 11.6 Å². The maximum absolute atomic E-state index is 12.4. The van der Waals surface area contributed by atoms with E-state index in [1.165, 1.54) is 4.90 Å². The fourth-order valence-corrected chi connectivity index (χ4v) is 1.96. The lowest BCUT2D eigenvalue weighted by atomic mass is 10.1. The molecule has 1 aliphatic heterocycles. The minimum atomic E-state index is -4.33. The maximum atomic E-state index is 12.4. The number of amides is 2. The lowest BCUT2D eigenvalue weighted by molar-refractivity contribution is -0.137. The van der Waals surface area contributed by atoms with Crippen LogP contribution in [0.15, 0.2) is 11.6 Å². The molecule has 0 spiro atoms. The third-order valence-electron chi connectivity index (χ3n) is 3.31. The minimum Gasteiger partial charge on any atom is -0.481 e. The Labute approximate surface area is 120 Å². The molecule has 8 heteroatoms. The lowest BCUT2D eigenvalue weighted by Gasteiger charge is -2.28. The number of urea groups is 1. The van der Waals surface area contributed by atoms with Crippen LogP contribution in [-0.2, 0) is 4.79 Å². The summed E-state index contributed by atoms with van der Waals surface area (Å²) in [4.78, 5) is 23.5. The Kier molecular flexibility index (Phi) is 6.04. The predicted octanol–water partition coefficient (Wildman–Crippen LogP) is 2.39. The van der Waals surface area contributed by atoms with Gasteiger partial charge in [0.05, 0.1) is 0 Å². The molecule has 2 N–H and O–H groups in total. The maximum Gasteiger partial charge on any atom is 0.412 e. The molecule has 2 amide bonds. The first-order valence-corrected chi connectivity index (χ1v) is 6.71. The molecule has 1 atom stereocenters. The molecule has 0 fully saturated rings. The van der Waals surface area contributed by atoms with Crippen LogP contribution in [0.2, 0.25) is 0 Å². The number of nitrogens with zero attached hydrogens (tertiary/aromatic N) is 1. The number of carboxylic acid groups (broad SMARTS) is 1. The number of rotatable bonds is 5. The molecule has 0 saturated heterocycles. The molecule has 0 saturated carbocycles. The number of hydrogen-bond donors (Lipinski definition) is 2. The van der Waals surface area contributed by atoms with Gasteiger partial charge in [0.25, 0.3) is 0 Å². The largest absolute Gasteiger partial charge is 0.481 e. The highest BCUT2D eigenvalue weighted by atomic mass is 19.4. The van der Waals surface area contributed by atoms with Crippen molar-refractivity contribution in [2.24, 2.45) is 5.92 Å². The standard InChI is InChI=1S/C13H19F3N2O3/c1-9(2-3-11(19)20)8-17-12(21)18-6-4-10(5-7-18)13(14,15)16/h4,9H,2-3,5-8H2,1H3,(H,17,21)(H,19,20). The van der Waals surface area contributed by atoms with Crippen molar-refractivity contribution in [1.82, 2.24) is 10.2 Å². The molecule has 0 bridgehead atoms. The SMILES string of the molecule is CC(CCC(=O)O)CNC(=O)N1CC=C(C(F)(F)F)CC1. The highest BCUT2D eigenvalue weighted by Gasteiger charge is 2.35. The fourth-order valence-electron chi connectivity index (χ4n) is 1.96. The van der Waals surface area contributed by atoms with Gasteiger partial charge in [-0.3, -0.25) is 4.79 Å². The Hall–Kier alpha value is -1.73. The second-order valence-corrected chi connectivity index (χ2v) is 5.15. The number of nitrogens with one attached hydrogen (secondary N) is 1. The molecule has 0 aromatic heterocycles. The molecule has 5 nitrogen and oxygen atoms in total. The van der Waals surface area contributed by atoms with Gasteiger partial charge in [0.2, 0.25) is 0 Å². The first-order chi connectivity index (χ1) is 9.70. The van der Waals surface area contributed by atoms with Gasteiger partial charge in [0.1, 0.15) is 0 Å². The molecule has 0 aliphatic carbocycles. The highest BCUT2D eigenvalue weighted by Crippen LogP contribution is 2.30. The smallest absolute Gasteiger partial charge is 0.412 e. The van der Waals surface area contributed by atoms with Gasteiger partial charge in [-0.25, -0.2) is 4.79 Å². The molecular formula is C13H19F3N2O3. The number of carbonyl (C=O) groups excluding carboxylic acids is 1. The fraction of sp³-hybridized carbons (Fsp3) is 0.692. The van der Waals surface area contributed by atoms with Crippen LogP contribution < -0.4 is 5.32 Å². The molecule has 0 radical (unpaired) electrons. The van der Waals surface area contributed by atoms with Crippen molar-refractivity contribution in [2.45, 2.75) is 32.4 Å². The molecule has 120 valence electrons. The molecule has 0 aromatic carbocycles. The summed E-state index contributed by atoms with van der Waals surface area (Å²) in [7, 11) is 0. The van der Waals surface area contributed by atoms with Crippen LogP contribution in [0, 0.1) is 5.92 Å². The Bertz CT molecular complexity index is 421. The van der Waals surface area contributed by atoms with Crippen LogP contribution in [0.25, 0.3) is 0 Å². The third kappa shape index (κ3) is 6.05. The predicted molar refractivity (Wildman–Crippen MR) is 69.8 cm³/mol. The minimum absolute atomic E-state index is 0.00359. The van der Waals surface area contributed by atoms with E-state index >= 15 is 0 Å². The Morgan fingerprint density at radius 1 is 1.48 bits per heavy atom. The van der Waals surface area contributed by atoms with Crippen LogP contribution in [0.1, 0.15) is 26.2 Å². The number of halogens is 3. The average molecular weight is 308 g/mol. The highest BCUT2D eigenvalue weighted by molar-refractivity contribution is 5.74. The van der Waals surface area contributed by atoms with Crippen LogP contribution in [0.4, 0.5) is 18.0 Å². The van der Waals surface area contributed by atoms with Crippen LogP contribution in [0.5, 0.6) is 0 Å². The Morgan fingerprint density at radius 3 is 2.62 bits per heavy atom. The second kappa shape index (κ2) is 7.33. The van der Waals surface area contributed by atoms with Gasteiger partial charge in [-0.15, -0.1) is 0 Å². The third-order valence-corrected chi connectivity index (χ3v) is 3.31. The number of carboxylic acids is 1. The topological polar surface area (TPSA) is 69.6 Å². The van der Waals surface area contributed by atoms with Gasteiger partial charge in [-0.2, -0.15) is 13.2 Å². The van der Waals surface area contributed by atoms with Gasteiger partial charge in [-0.05, 0) is 18.8 Å². The summed E-state index contributed by atoms with van der Waals surface area (Å²) in [5.74, 6) is -0.898. The lowest BCUT2D eigenvalue weighted by Crippen LogP contribution is -2.44. The molecule has 21 heavy (non-hydrogen) atoms. The van der Waals surface area contributed by atoms with E-state index in [2.05, 4.69) is 5.32 Å². The first kappa shape index (κ1) is 17.3. The van der Waals surface area contributed by atoms with Gasteiger partial charge in [0.15, 0.2) is 0 Å². The van der Waals surface area contributed by atoms with Crippen molar-refractivity contribution in [3.63, 3.8) is 0 Å². The second-order valence-electron chi connectivity index (χ2n) is 5.15. The van der Waals surface area contributed by atoms with Gasteiger partial charge in [-0.1, -0.05) is 13.0 Å².